The Kier molecular flexibility index (Phi) is 5.93. The lowest BCUT2D eigenvalue weighted by Crippen LogP contribution is -2.47. The molecule has 1 fully saturated rings. The van der Waals surface area contributed by atoms with E-state index in [0.29, 0.717) is 13.1 Å². The molecule has 1 saturated heterocycles. The van der Waals surface area contributed by atoms with Crippen LogP contribution >= 0.6 is 0 Å². The lowest BCUT2D eigenvalue weighted by molar-refractivity contribution is -0.127. The first-order valence-electron chi connectivity index (χ1n) is 11.2. The summed E-state index contributed by atoms with van der Waals surface area (Å²) >= 11 is 0. The fourth-order valence-electron chi connectivity index (χ4n) is 5.71. The van der Waals surface area contributed by atoms with Crippen LogP contribution in [0.25, 0.3) is 5.57 Å². The fourth-order valence-corrected chi connectivity index (χ4v) is 5.71. The number of rotatable bonds is 6. The molecular weight excluding hydrogens is 366 g/mol. The molecular formula is C23H33N3O3. The Hall–Kier alpha value is -1.92. The minimum absolute atomic E-state index is 0.0124. The topological polar surface area (TPSA) is 74.6 Å². The average molecular weight is 400 g/mol. The van der Waals surface area contributed by atoms with Gasteiger partial charge in [0.15, 0.2) is 0 Å². The van der Waals surface area contributed by atoms with Crippen molar-refractivity contribution in [1.82, 2.24) is 14.8 Å². The summed E-state index contributed by atoms with van der Waals surface area (Å²) in [6.45, 7) is 5.99. The summed E-state index contributed by atoms with van der Waals surface area (Å²) in [7, 11) is 0. The van der Waals surface area contributed by atoms with E-state index in [1.54, 1.807) is 0 Å². The monoisotopic (exact) mass is 399 g/mol. The third kappa shape index (κ3) is 3.36. The van der Waals surface area contributed by atoms with Crippen LogP contribution < -0.4 is 10.9 Å². The molecule has 0 aromatic carbocycles. The molecule has 1 aromatic heterocycles. The molecule has 0 saturated carbocycles. The van der Waals surface area contributed by atoms with Gasteiger partial charge >= 0.3 is 0 Å². The SMILES string of the molecule is CCCN1[C@@H]2c3ccc(C4=CCCCC4)c(=O)n3C[C@H]1[C@H](CO)[C@H]2C(=O)NCC. The van der Waals surface area contributed by atoms with Crippen LogP contribution in [0.2, 0.25) is 0 Å². The first kappa shape index (κ1) is 20.4. The summed E-state index contributed by atoms with van der Waals surface area (Å²) in [6, 6.07) is 3.89. The molecule has 4 rings (SSSR count). The van der Waals surface area contributed by atoms with Gasteiger partial charge in [0, 0.05) is 42.9 Å². The van der Waals surface area contributed by atoms with E-state index in [0.717, 1.165) is 43.5 Å². The molecule has 6 heteroatoms. The van der Waals surface area contributed by atoms with Crippen molar-refractivity contribution in [3.8, 4) is 0 Å². The summed E-state index contributed by atoms with van der Waals surface area (Å²) in [5.74, 6) is -0.501. The Balaban J connectivity index is 1.80. The molecule has 2 bridgehead atoms. The van der Waals surface area contributed by atoms with Gasteiger partial charge in [-0.3, -0.25) is 14.5 Å². The zero-order chi connectivity index (χ0) is 20.5. The Bertz CT molecular complexity index is 859. The number of fused-ring (bicyclic) bond motifs is 4. The van der Waals surface area contributed by atoms with Crippen LogP contribution in [0.5, 0.6) is 0 Å². The minimum atomic E-state index is -0.329. The lowest BCUT2D eigenvalue weighted by atomic mass is 9.86. The third-order valence-electron chi connectivity index (χ3n) is 6.94. The molecule has 29 heavy (non-hydrogen) atoms. The second-order valence-corrected chi connectivity index (χ2v) is 8.58. The summed E-state index contributed by atoms with van der Waals surface area (Å²) < 4.78 is 1.90. The number of aromatic nitrogens is 1. The highest BCUT2D eigenvalue weighted by atomic mass is 16.3. The average Bonchev–Trinajstić information content (AvgIpc) is 2.94. The molecule has 6 nitrogen and oxygen atoms in total. The highest BCUT2D eigenvalue weighted by molar-refractivity contribution is 5.80. The number of hydrogen-bond donors (Lipinski definition) is 2. The van der Waals surface area contributed by atoms with Gasteiger partial charge in [-0.15, -0.1) is 0 Å². The molecule has 0 spiro atoms. The molecule has 1 aromatic rings. The first-order valence-corrected chi connectivity index (χ1v) is 11.2. The number of amides is 1. The Morgan fingerprint density at radius 3 is 2.76 bits per heavy atom. The molecule has 0 radical (unpaired) electrons. The summed E-state index contributed by atoms with van der Waals surface area (Å²) in [4.78, 5) is 28.8. The number of carbonyl (C=O) groups excluding carboxylic acids is 1. The summed E-state index contributed by atoms with van der Waals surface area (Å²) in [5, 5.41) is 13.2. The maximum Gasteiger partial charge on any atom is 0.258 e. The van der Waals surface area contributed by atoms with Crippen LogP contribution in [0.3, 0.4) is 0 Å². The predicted octanol–water partition coefficient (Wildman–Crippen LogP) is 2.32. The maximum atomic E-state index is 13.4. The maximum absolute atomic E-state index is 13.4. The van der Waals surface area contributed by atoms with Crippen LogP contribution in [0.4, 0.5) is 0 Å². The Morgan fingerprint density at radius 1 is 1.28 bits per heavy atom. The van der Waals surface area contributed by atoms with Gasteiger partial charge in [-0.05, 0) is 63.3 Å². The third-order valence-corrected chi connectivity index (χ3v) is 6.94. The van der Waals surface area contributed by atoms with E-state index in [9.17, 15) is 14.7 Å². The summed E-state index contributed by atoms with van der Waals surface area (Å²) in [6.07, 6.45) is 7.51. The highest BCUT2D eigenvalue weighted by Gasteiger charge is 2.55. The van der Waals surface area contributed by atoms with Crippen LogP contribution in [-0.4, -0.2) is 46.2 Å². The second-order valence-electron chi connectivity index (χ2n) is 8.58. The normalized spacial score (nSPS) is 28.7. The number of aliphatic hydroxyl groups is 1. The van der Waals surface area contributed by atoms with Gasteiger partial charge in [-0.2, -0.15) is 0 Å². The molecule has 0 unspecified atom stereocenters. The van der Waals surface area contributed by atoms with Crippen molar-refractivity contribution in [3.05, 3.63) is 39.8 Å². The van der Waals surface area contributed by atoms with Crippen molar-refractivity contribution in [2.45, 2.75) is 64.6 Å². The number of nitrogens with zero attached hydrogens (tertiary/aromatic N) is 2. The highest BCUT2D eigenvalue weighted by Crippen LogP contribution is 2.48. The van der Waals surface area contributed by atoms with Gasteiger partial charge < -0.3 is 15.0 Å². The van der Waals surface area contributed by atoms with Crippen LogP contribution in [-0.2, 0) is 11.3 Å². The molecule has 158 valence electrons. The number of carbonyl (C=O) groups is 1. The lowest BCUT2D eigenvalue weighted by Gasteiger charge is -2.38. The van der Waals surface area contributed by atoms with Crippen molar-refractivity contribution in [3.63, 3.8) is 0 Å². The first-order chi connectivity index (χ1) is 14.1. The van der Waals surface area contributed by atoms with Crippen molar-refractivity contribution < 1.29 is 9.90 Å². The van der Waals surface area contributed by atoms with Gasteiger partial charge in [-0.1, -0.05) is 13.0 Å². The smallest absolute Gasteiger partial charge is 0.258 e. The van der Waals surface area contributed by atoms with E-state index in [-0.39, 0.29) is 42.0 Å². The molecule has 2 N–H and O–H groups in total. The van der Waals surface area contributed by atoms with Crippen LogP contribution in [0, 0.1) is 11.8 Å². The van der Waals surface area contributed by atoms with Gasteiger partial charge in [0.25, 0.3) is 5.56 Å². The standard InChI is InChI=1S/C23H33N3O3/c1-3-12-25-19-13-26-18(21(25)20(17(19)14-27)22(28)24-4-2)11-10-16(23(26)29)15-8-6-5-7-9-15/h8,10-11,17,19-21,27H,3-7,9,12-14H2,1-2H3,(H,24,28)/t17-,19-,20+,21+/m0/s1. The van der Waals surface area contributed by atoms with E-state index < -0.39 is 0 Å². The Morgan fingerprint density at radius 2 is 2.10 bits per heavy atom. The number of nitrogens with one attached hydrogen (secondary N) is 1. The largest absolute Gasteiger partial charge is 0.396 e. The van der Waals surface area contributed by atoms with Crippen molar-refractivity contribution in [2.24, 2.45) is 11.8 Å². The number of allylic oxidation sites excluding steroid dienone is 2. The molecule has 1 amide bonds. The molecule has 1 aliphatic carbocycles. The predicted molar refractivity (Wildman–Crippen MR) is 113 cm³/mol. The van der Waals surface area contributed by atoms with Gasteiger partial charge in [-0.25, -0.2) is 0 Å². The van der Waals surface area contributed by atoms with Crippen molar-refractivity contribution in [2.75, 3.05) is 19.7 Å². The number of aliphatic hydroxyl groups excluding tert-OH is 1. The van der Waals surface area contributed by atoms with E-state index >= 15 is 0 Å². The zero-order valence-electron chi connectivity index (χ0n) is 17.6. The van der Waals surface area contributed by atoms with E-state index in [4.69, 9.17) is 0 Å². The number of pyridine rings is 1. The van der Waals surface area contributed by atoms with Gasteiger partial charge in [0.2, 0.25) is 5.91 Å². The minimum Gasteiger partial charge on any atom is -0.396 e. The zero-order valence-corrected chi connectivity index (χ0v) is 17.6. The van der Waals surface area contributed by atoms with E-state index in [2.05, 4.69) is 29.3 Å². The number of hydrogen-bond acceptors (Lipinski definition) is 4. The molecule has 4 atom stereocenters. The molecule has 3 heterocycles. The van der Waals surface area contributed by atoms with Crippen molar-refractivity contribution >= 4 is 11.5 Å². The molecule has 3 aliphatic rings. The fraction of sp³-hybridized carbons (Fsp3) is 0.652. The van der Waals surface area contributed by atoms with Crippen LogP contribution in [0.15, 0.2) is 23.0 Å². The van der Waals surface area contributed by atoms with Crippen molar-refractivity contribution in [1.29, 1.82) is 0 Å². The molecule has 2 aliphatic heterocycles. The summed E-state index contributed by atoms with van der Waals surface area (Å²) in [5.41, 5.74) is 2.97. The van der Waals surface area contributed by atoms with Crippen LogP contribution in [0.1, 0.15) is 63.3 Å². The quantitative estimate of drug-likeness (QED) is 0.770. The Labute approximate surface area is 172 Å². The second kappa shape index (κ2) is 8.44. The van der Waals surface area contributed by atoms with Gasteiger partial charge in [0.1, 0.15) is 0 Å². The van der Waals surface area contributed by atoms with E-state index in [1.807, 2.05) is 17.6 Å². The van der Waals surface area contributed by atoms with Gasteiger partial charge in [0.05, 0.1) is 12.0 Å². The van der Waals surface area contributed by atoms with E-state index in [1.165, 1.54) is 12.0 Å².